The summed E-state index contributed by atoms with van der Waals surface area (Å²) in [5.41, 5.74) is 4.54. The molecule has 7 heteroatoms. The zero-order valence-electron chi connectivity index (χ0n) is 24.3. The van der Waals surface area contributed by atoms with Crippen molar-refractivity contribution in [3.05, 3.63) is 82.4 Å². The van der Waals surface area contributed by atoms with E-state index >= 15 is 0 Å². The fourth-order valence-corrected chi connectivity index (χ4v) is 3.65. The molecule has 41 heavy (non-hydrogen) atoms. The van der Waals surface area contributed by atoms with Gasteiger partial charge in [0.15, 0.2) is 0 Å². The van der Waals surface area contributed by atoms with Crippen molar-refractivity contribution in [2.75, 3.05) is 19.8 Å². The average molecular weight is 563 g/mol. The van der Waals surface area contributed by atoms with Crippen molar-refractivity contribution in [2.24, 2.45) is 0 Å². The molecule has 1 N–H and O–H groups in total. The topological polar surface area (TPSA) is 99.1 Å². The maximum absolute atomic E-state index is 12.1. The highest BCUT2D eigenvalue weighted by Crippen LogP contribution is 2.09. The SMILES string of the molecule is CC(C)=CCOC(=O)CCCCCOC(=O)Cc1ccc(C#Cc2ccc(COC(=O)CCCCCO)cc2)cc1. The van der Waals surface area contributed by atoms with Crippen molar-refractivity contribution < 1.29 is 33.7 Å². The number of aliphatic hydroxyl groups excluding tert-OH is 1. The molecule has 0 unspecified atom stereocenters. The molecule has 220 valence electrons. The van der Waals surface area contributed by atoms with Crippen LogP contribution in [0.4, 0.5) is 0 Å². The van der Waals surface area contributed by atoms with Crippen molar-refractivity contribution in [1.82, 2.24) is 0 Å². The molecular formula is C34H42O7. The third-order valence-electron chi connectivity index (χ3n) is 6.07. The Hall–Kier alpha value is -3.89. The van der Waals surface area contributed by atoms with E-state index in [0.29, 0.717) is 45.3 Å². The van der Waals surface area contributed by atoms with E-state index in [1.165, 1.54) is 0 Å². The molecule has 0 spiro atoms. The Morgan fingerprint density at radius 3 is 1.83 bits per heavy atom. The monoisotopic (exact) mass is 562 g/mol. The van der Waals surface area contributed by atoms with Crippen LogP contribution in [0.3, 0.4) is 0 Å². The quantitative estimate of drug-likeness (QED) is 0.0850. The lowest BCUT2D eigenvalue weighted by molar-refractivity contribution is -0.145. The van der Waals surface area contributed by atoms with Gasteiger partial charge in [0.25, 0.3) is 0 Å². The Bertz CT molecular complexity index is 1160. The summed E-state index contributed by atoms with van der Waals surface area (Å²) >= 11 is 0. The second-order valence-corrected chi connectivity index (χ2v) is 10.0. The molecule has 2 rings (SSSR count). The van der Waals surface area contributed by atoms with Crippen molar-refractivity contribution in [3.8, 4) is 11.8 Å². The van der Waals surface area contributed by atoms with Crippen LogP contribution < -0.4 is 0 Å². The van der Waals surface area contributed by atoms with Gasteiger partial charge >= 0.3 is 17.9 Å². The molecule has 2 aromatic carbocycles. The van der Waals surface area contributed by atoms with E-state index in [1.807, 2.05) is 68.5 Å². The van der Waals surface area contributed by atoms with E-state index in [4.69, 9.17) is 19.3 Å². The van der Waals surface area contributed by atoms with Crippen LogP contribution in [-0.4, -0.2) is 42.8 Å². The van der Waals surface area contributed by atoms with Crippen LogP contribution in [0.2, 0.25) is 0 Å². The minimum absolute atomic E-state index is 0.147. The fraction of sp³-hybridized carbons (Fsp3) is 0.441. The van der Waals surface area contributed by atoms with E-state index in [0.717, 1.165) is 47.1 Å². The summed E-state index contributed by atoms with van der Waals surface area (Å²) in [5, 5.41) is 8.77. The summed E-state index contributed by atoms with van der Waals surface area (Å²) < 4.78 is 15.7. The first-order valence-corrected chi connectivity index (χ1v) is 14.3. The number of allylic oxidation sites excluding steroid dienone is 1. The second kappa shape index (κ2) is 20.1. The van der Waals surface area contributed by atoms with Crippen LogP contribution in [0.5, 0.6) is 0 Å². The van der Waals surface area contributed by atoms with E-state index in [2.05, 4.69) is 11.8 Å². The predicted molar refractivity (Wildman–Crippen MR) is 158 cm³/mol. The number of carbonyl (C=O) groups is 3. The van der Waals surface area contributed by atoms with Gasteiger partial charge in [-0.25, -0.2) is 0 Å². The molecule has 0 aliphatic rings. The number of esters is 3. The summed E-state index contributed by atoms with van der Waals surface area (Å²) in [4.78, 5) is 35.6. The Labute approximate surface area is 243 Å². The lowest BCUT2D eigenvalue weighted by Crippen LogP contribution is -2.09. The van der Waals surface area contributed by atoms with Crippen LogP contribution in [0, 0.1) is 11.8 Å². The van der Waals surface area contributed by atoms with Gasteiger partial charge in [-0.3, -0.25) is 14.4 Å². The lowest BCUT2D eigenvalue weighted by atomic mass is 10.1. The summed E-state index contributed by atoms with van der Waals surface area (Å²) in [6, 6.07) is 15.0. The average Bonchev–Trinajstić information content (AvgIpc) is 2.96. The zero-order chi connectivity index (χ0) is 29.7. The highest BCUT2D eigenvalue weighted by atomic mass is 16.5. The first-order chi connectivity index (χ1) is 19.9. The van der Waals surface area contributed by atoms with E-state index in [9.17, 15) is 14.4 Å². The predicted octanol–water partition coefficient (Wildman–Crippen LogP) is 5.84. The first-order valence-electron chi connectivity index (χ1n) is 14.3. The highest BCUT2D eigenvalue weighted by molar-refractivity contribution is 5.72. The van der Waals surface area contributed by atoms with Gasteiger partial charge in [0.1, 0.15) is 13.2 Å². The number of carbonyl (C=O) groups excluding carboxylic acids is 3. The fourth-order valence-electron chi connectivity index (χ4n) is 3.65. The van der Waals surface area contributed by atoms with Crippen LogP contribution in [0.25, 0.3) is 0 Å². The van der Waals surface area contributed by atoms with Gasteiger partial charge in [-0.15, -0.1) is 0 Å². The summed E-state index contributed by atoms with van der Waals surface area (Å²) in [6.07, 6.45) is 7.25. The third-order valence-corrected chi connectivity index (χ3v) is 6.07. The molecule has 0 atom stereocenters. The number of aliphatic hydroxyl groups is 1. The number of rotatable bonds is 17. The van der Waals surface area contributed by atoms with E-state index < -0.39 is 0 Å². The molecule has 0 aromatic heterocycles. The van der Waals surface area contributed by atoms with Crippen molar-refractivity contribution in [2.45, 2.75) is 78.2 Å². The zero-order valence-corrected chi connectivity index (χ0v) is 24.3. The lowest BCUT2D eigenvalue weighted by Gasteiger charge is -2.06. The molecule has 0 radical (unpaired) electrons. The normalized spacial score (nSPS) is 10.2. The molecule has 0 heterocycles. The number of hydrogen-bond acceptors (Lipinski definition) is 7. The van der Waals surface area contributed by atoms with Gasteiger partial charge in [0, 0.05) is 30.6 Å². The molecule has 0 saturated heterocycles. The minimum atomic E-state index is -0.280. The summed E-state index contributed by atoms with van der Waals surface area (Å²) in [7, 11) is 0. The van der Waals surface area contributed by atoms with E-state index in [-0.39, 0.29) is 37.5 Å². The van der Waals surface area contributed by atoms with E-state index in [1.54, 1.807) is 0 Å². The molecular weight excluding hydrogens is 520 g/mol. The Balaban J connectivity index is 1.64. The second-order valence-electron chi connectivity index (χ2n) is 10.0. The molecule has 0 fully saturated rings. The highest BCUT2D eigenvalue weighted by Gasteiger charge is 2.06. The van der Waals surface area contributed by atoms with Gasteiger partial charge in [0.2, 0.25) is 0 Å². The largest absolute Gasteiger partial charge is 0.465 e. The first kappa shape index (κ1) is 33.3. The van der Waals surface area contributed by atoms with Crippen molar-refractivity contribution in [1.29, 1.82) is 0 Å². The van der Waals surface area contributed by atoms with Gasteiger partial charge in [-0.05, 0) is 87.4 Å². The molecule has 0 bridgehead atoms. The maximum atomic E-state index is 12.1. The molecule has 0 aliphatic carbocycles. The van der Waals surface area contributed by atoms with Gasteiger partial charge in [0.05, 0.1) is 13.0 Å². The number of hydrogen-bond donors (Lipinski definition) is 1. The molecule has 7 nitrogen and oxygen atoms in total. The van der Waals surface area contributed by atoms with Crippen molar-refractivity contribution in [3.63, 3.8) is 0 Å². The number of unbranched alkanes of at least 4 members (excludes halogenated alkanes) is 4. The standard InChI is InChI=1S/C34H42O7/c1-27(2)21-24-40-32(36)9-6-4-8-23-39-34(38)25-30-17-13-28(14-18-30)11-12-29-15-19-31(20-16-29)26-41-33(37)10-5-3-7-22-35/h13-21,35H,3-10,22-26H2,1-2H3. The van der Waals surface area contributed by atoms with Crippen LogP contribution in [-0.2, 0) is 41.6 Å². The maximum Gasteiger partial charge on any atom is 0.310 e. The van der Waals surface area contributed by atoms with Crippen LogP contribution >= 0.6 is 0 Å². The number of benzene rings is 2. The smallest absolute Gasteiger partial charge is 0.310 e. The molecule has 2 aromatic rings. The Morgan fingerprint density at radius 2 is 1.24 bits per heavy atom. The van der Waals surface area contributed by atoms with Gasteiger partial charge in [-0.2, -0.15) is 0 Å². The van der Waals surface area contributed by atoms with Gasteiger partial charge < -0.3 is 19.3 Å². The molecule has 0 aliphatic heterocycles. The van der Waals surface area contributed by atoms with Crippen LogP contribution in [0.15, 0.2) is 60.2 Å². The summed E-state index contributed by atoms with van der Waals surface area (Å²) in [6.45, 7) is 4.94. The van der Waals surface area contributed by atoms with Gasteiger partial charge in [-0.1, -0.05) is 48.1 Å². The summed E-state index contributed by atoms with van der Waals surface area (Å²) in [5.74, 6) is 5.52. The third kappa shape index (κ3) is 16.1. The minimum Gasteiger partial charge on any atom is -0.465 e. The Morgan fingerprint density at radius 1 is 0.683 bits per heavy atom. The number of ether oxygens (including phenoxy) is 3. The molecule has 0 saturated carbocycles. The Kier molecular flexibility index (Phi) is 16.3. The van der Waals surface area contributed by atoms with Crippen molar-refractivity contribution >= 4 is 17.9 Å². The van der Waals surface area contributed by atoms with Crippen LogP contribution in [0.1, 0.15) is 87.5 Å². The molecule has 0 amide bonds.